The van der Waals surface area contributed by atoms with E-state index < -0.39 is 16.1 Å². The van der Waals surface area contributed by atoms with Gasteiger partial charge < -0.3 is 10.2 Å². The maximum absolute atomic E-state index is 13.6. The first-order chi connectivity index (χ1) is 12.9. The van der Waals surface area contributed by atoms with Gasteiger partial charge in [-0.2, -0.15) is 4.72 Å². The Hall–Kier alpha value is -2.29. The highest BCUT2D eigenvalue weighted by molar-refractivity contribution is 7.89. The zero-order valence-electron chi connectivity index (χ0n) is 14.9. The van der Waals surface area contributed by atoms with Crippen LogP contribution in [0.2, 0.25) is 0 Å². The van der Waals surface area contributed by atoms with Crippen LogP contribution >= 0.6 is 0 Å². The van der Waals surface area contributed by atoms with Gasteiger partial charge in [0, 0.05) is 19.6 Å². The molecule has 1 amide bonds. The summed E-state index contributed by atoms with van der Waals surface area (Å²) in [4.78, 5) is 14.7. The zero-order chi connectivity index (χ0) is 19.4. The number of rotatable bonds is 5. The fourth-order valence-electron chi connectivity index (χ4n) is 3.18. The second kappa shape index (κ2) is 8.16. The first-order valence-electron chi connectivity index (χ1n) is 8.72. The van der Waals surface area contributed by atoms with E-state index in [4.69, 9.17) is 0 Å². The molecule has 1 heterocycles. The molecule has 2 atom stereocenters. The monoisotopic (exact) mass is 391 g/mol. The molecule has 0 saturated carbocycles. The Labute approximate surface area is 158 Å². The maximum Gasteiger partial charge on any atom is 0.241 e. The van der Waals surface area contributed by atoms with Gasteiger partial charge >= 0.3 is 0 Å². The van der Waals surface area contributed by atoms with Crippen molar-refractivity contribution in [2.75, 3.05) is 19.6 Å². The number of hydrogen-bond acceptors (Lipinski definition) is 4. The van der Waals surface area contributed by atoms with E-state index in [1.54, 1.807) is 35.2 Å². The van der Waals surface area contributed by atoms with Gasteiger partial charge in [-0.3, -0.25) is 4.79 Å². The number of halogens is 1. The van der Waals surface area contributed by atoms with Gasteiger partial charge in [0.2, 0.25) is 15.9 Å². The summed E-state index contributed by atoms with van der Waals surface area (Å²) in [5, 5.41) is 3.20. The summed E-state index contributed by atoms with van der Waals surface area (Å²) >= 11 is 0. The predicted molar refractivity (Wildman–Crippen MR) is 99.9 cm³/mol. The molecule has 0 aliphatic carbocycles. The smallest absolute Gasteiger partial charge is 0.241 e. The second-order valence-corrected chi connectivity index (χ2v) is 8.18. The molecule has 1 aliphatic rings. The molecule has 0 spiro atoms. The molecular formula is C19H22FN3O3S. The molecule has 2 aromatic rings. The molecule has 144 valence electrons. The molecule has 2 unspecified atom stereocenters. The second-order valence-electron chi connectivity index (χ2n) is 6.46. The number of sulfonamides is 1. The van der Waals surface area contributed by atoms with Crippen molar-refractivity contribution in [1.82, 2.24) is 14.9 Å². The van der Waals surface area contributed by atoms with Gasteiger partial charge in [0.05, 0.1) is 17.0 Å². The van der Waals surface area contributed by atoms with Crippen LogP contribution in [0.1, 0.15) is 18.5 Å². The largest absolute Gasteiger partial charge is 0.332 e. The molecule has 27 heavy (non-hydrogen) atoms. The van der Waals surface area contributed by atoms with Crippen LogP contribution in [0.4, 0.5) is 4.39 Å². The Morgan fingerprint density at radius 3 is 2.67 bits per heavy atom. The van der Waals surface area contributed by atoms with Crippen LogP contribution in [-0.2, 0) is 14.8 Å². The van der Waals surface area contributed by atoms with E-state index in [9.17, 15) is 17.6 Å². The van der Waals surface area contributed by atoms with Crippen LogP contribution in [0.25, 0.3) is 0 Å². The number of amides is 1. The topological polar surface area (TPSA) is 78.5 Å². The van der Waals surface area contributed by atoms with E-state index in [1.165, 1.54) is 31.2 Å². The lowest BCUT2D eigenvalue weighted by Gasteiger charge is -2.38. The number of benzene rings is 2. The zero-order valence-corrected chi connectivity index (χ0v) is 15.7. The van der Waals surface area contributed by atoms with Crippen molar-refractivity contribution >= 4 is 15.9 Å². The first kappa shape index (κ1) is 19.5. The molecule has 2 N–H and O–H groups in total. The standard InChI is InChI=1S/C19H22FN3O3S/c1-14(22-27(25,26)17-8-3-2-4-9-17)19(24)23-11-10-21-13-18(23)15-6-5-7-16(20)12-15/h2-9,12,14,18,21-22H,10-11,13H2,1H3. The average Bonchev–Trinajstić information content (AvgIpc) is 2.68. The average molecular weight is 391 g/mol. The van der Waals surface area contributed by atoms with Gasteiger partial charge in [0.15, 0.2) is 0 Å². The molecule has 8 heteroatoms. The van der Waals surface area contributed by atoms with Crippen molar-refractivity contribution in [3.8, 4) is 0 Å². The minimum atomic E-state index is -3.81. The van der Waals surface area contributed by atoms with Gasteiger partial charge in [0.1, 0.15) is 5.82 Å². The summed E-state index contributed by atoms with van der Waals surface area (Å²) in [5.41, 5.74) is 0.675. The Kier molecular flexibility index (Phi) is 5.88. The van der Waals surface area contributed by atoms with Crippen LogP contribution in [0.3, 0.4) is 0 Å². The Morgan fingerprint density at radius 2 is 1.96 bits per heavy atom. The summed E-state index contributed by atoms with van der Waals surface area (Å²) in [6.45, 7) is 3.01. The quantitative estimate of drug-likeness (QED) is 0.813. The van der Waals surface area contributed by atoms with Crippen molar-refractivity contribution in [3.63, 3.8) is 0 Å². The van der Waals surface area contributed by atoms with E-state index in [1.807, 2.05) is 0 Å². The van der Waals surface area contributed by atoms with Crippen LogP contribution in [0, 0.1) is 5.82 Å². The number of hydrogen-bond donors (Lipinski definition) is 2. The first-order valence-corrected chi connectivity index (χ1v) is 10.2. The molecule has 6 nitrogen and oxygen atoms in total. The number of piperazine rings is 1. The lowest BCUT2D eigenvalue weighted by Crippen LogP contribution is -2.54. The molecule has 0 aromatic heterocycles. The van der Waals surface area contributed by atoms with Crippen molar-refractivity contribution in [3.05, 3.63) is 66.0 Å². The van der Waals surface area contributed by atoms with Crippen molar-refractivity contribution in [1.29, 1.82) is 0 Å². The molecule has 2 aromatic carbocycles. The predicted octanol–water partition coefficient (Wildman–Crippen LogP) is 1.67. The third kappa shape index (κ3) is 4.52. The van der Waals surface area contributed by atoms with Gasteiger partial charge in [-0.15, -0.1) is 0 Å². The number of carbonyl (C=O) groups excluding carboxylic acids is 1. The fraction of sp³-hybridized carbons (Fsp3) is 0.316. The number of nitrogens with zero attached hydrogens (tertiary/aromatic N) is 1. The molecule has 3 rings (SSSR count). The lowest BCUT2D eigenvalue weighted by atomic mass is 10.0. The van der Waals surface area contributed by atoms with Crippen LogP contribution in [0.15, 0.2) is 59.5 Å². The third-order valence-corrected chi connectivity index (χ3v) is 6.07. The minimum absolute atomic E-state index is 0.103. The lowest BCUT2D eigenvalue weighted by molar-refractivity contribution is -0.136. The summed E-state index contributed by atoms with van der Waals surface area (Å²) in [6.07, 6.45) is 0. The van der Waals surface area contributed by atoms with Crippen LogP contribution in [-0.4, -0.2) is 44.9 Å². The molecule has 1 fully saturated rings. The Bertz CT molecular complexity index is 905. The van der Waals surface area contributed by atoms with Crippen molar-refractivity contribution in [2.45, 2.75) is 23.9 Å². The molecule has 0 bridgehead atoms. The van der Waals surface area contributed by atoms with E-state index in [0.29, 0.717) is 25.2 Å². The van der Waals surface area contributed by atoms with Gasteiger partial charge in [0.25, 0.3) is 0 Å². The Morgan fingerprint density at radius 1 is 1.22 bits per heavy atom. The van der Waals surface area contributed by atoms with Crippen LogP contribution < -0.4 is 10.0 Å². The summed E-state index contributed by atoms with van der Waals surface area (Å²) in [7, 11) is -3.81. The van der Waals surface area contributed by atoms with E-state index in [-0.39, 0.29) is 22.7 Å². The minimum Gasteiger partial charge on any atom is -0.332 e. The highest BCUT2D eigenvalue weighted by Crippen LogP contribution is 2.24. The fourth-order valence-corrected chi connectivity index (χ4v) is 4.40. The van der Waals surface area contributed by atoms with Crippen molar-refractivity contribution < 1.29 is 17.6 Å². The van der Waals surface area contributed by atoms with Gasteiger partial charge in [-0.05, 0) is 36.8 Å². The Balaban J connectivity index is 1.78. The summed E-state index contributed by atoms with van der Waals surface area (Å²) < 4.78 is 41.0. The normalized spacial score (nSPS) is 18.9. The molecule has 0 radical (unpaired) electrons. The SMILES string of the molecule is CC(NS(=O)(=O)c1ccccc1)C(=O)N1CCNCC1c1cccc(F)c1. The molecular weight excluding hydrogens is 369 g/mol. The highest BCUT2D eigenvalue weighted by atomic mass is 32.2. The maximum atomic E-state index is 13.6. The van der Waals surface area contributed by atoms with E-state index >= 15 is 0 Å². The number of carbonyl (C=O) groups is 1. The van der Waals surface area contributed by atoms with Gasteiger partial charge in [-0.25, -0.2) is 12.8 Å². The van der Waals surface area contributed by atoms with E-state index in [0.717, 1.165) is 0 Å². The highest BCUT2D eigenvalue weighted by Gasteiger charge is 2.32. The molecule has 1 aliphatic heterocycles. The van der Waals surface area contributed by atoms with E-state index in [2.05, 4.69) is 10.0 Å². The van der Waals surface area contributed by atoms with Crippen LogP contribution in [0.5, 0.6) is 0 Å². The van der Waals surface area contributed by atoms with Gasteiger partial charge in [-0.1, -0.05) is 30.3 Å². The number of nitrogens with one attached hydrogen (secondary N) is 2. The summed E-state index contributed by atoms with van der Waals surface area (Å²) in [5.74, 6) is -0.714. The van der Waals surface area contributed by atoms with Crippen molar-refractivity contribution in [2.24, 2.45) is 0 Å². The third-order valence-electron chi connectivity index (χ3n) is 4.52. The molecule has 1 saturated heterocycles. The summed E-state index contributed by atoms with van der Waals surface area (Å²) in [6, 6.07) is 12.7.